The van der Waals surface area contributed by atoms with E-state index in [-0.39, 0.29) is 18.1 Å². The number of carbonyl (C=O) groups excluding carboxylic acids is 1. The van der Waals surface area contributed by atoms with Gasteiger partial charge in [0.05, 0.1) is 22.5 Å². The number of anilines is 1. The number of aromatic amines is 1. The van der Waals surface area contributed by atoms with Crippen LogP contribution in [0.25, 0.3) is 10.9 Å². The van der Waals surface area contributed by atoms with Gasteiger partial charge in [0.1, 0.15) is 5.56 Å². The third-order valence-corrected chi connectivity index (χ3v) is 5.37. The number of hydrogen-bond acceptors (Lipinski definition) is 4. The highest BCUT2D eigenvalue weighted by Gasteiger charge is 2.27. The maximum atomic E-state index is 13.5. The molecule has 0 fully saturated rings. The average Bonchev–Trinajstić information content (AvgIpc) is 2.77. The van der Waals surface area contributed by atoms with E-state index in [1.807, 2.05) is 50.2 Å². The zero-order valence-electron chi connectivity index (χ0n) is 18.0. The van der Waals surface area contributed by atoms with E-state index in [0.29, 0.717) is 34.8 Å². The van der Waals surface area contributed by atoms with Gasteiger partial charge in [0.2, 0.25) is 0 Å². The van der Waals surface area contributed by atoms with Crippen molar-refractivity contribution in [3.8, 4) is 5.75 Å². The molecule has 1 aromatic heterocycles. The molecule has 0 aliphatic heterocycles. The van der Waals surface area contributed by atoms with Gasteiger partial charge in [-0.2, -0.15) is 0 Å². The van der Waals surface area contributed by atoms with Gasteiger partial charge in [0.25, 0.3) is 11.5 Å². The van der Waals surface area contributed by atoms with E-state index in [4.69, 9.17) is 21.1 Å². The fourth-order valence-electron chi connectivity index (χ4n) is 3.40. The van der Waals surface area contributed by atoms with E-state index >= 15 is 0 Å². The predicted molar refractivity (Wildman–Crippen MR) is 124 cm³/mol. The van der Waals surface area contributed by atoms with Gasteiger partial charge in [0.15, 0.2) is 12.5 Å². The van der Waals surface area contributed by atoms with Crippen molar-refractivity contribution in [1.82, 2.24) is 4.98 Å². The molecule has 1 N–H and O–H groups in total. The van der Waals surface area contributed by atoms with Crippen molar-refractivity contribution in [2.24, 2.45) is 0 Å². The molecule has 0 bridgehead atoms. The van der Waals surface area contributed by atoms with E-state index < -0.39 is 11.5 Å². The van der Waals surface area contributed by atoms with Gasteiger partial charge in [-0.3, -0.25) is 9.59 Å². The molecule has 6 nitrogen and oxygen atoms in total. The maximum Gasteiger partial charge on any atom is 0.267 e. The molecule has 0 aliphatic carbocycles. The largest absolute Gasteiger partial charge is 0.466 e. The summed E-state index contributed by atoms with van der Waals surface area (Å²) >= 11 is 6.49. The summed E-state index contributed by atoms with van der Waals surface area (Å²) in [6, 6.07) is 12.7. The predicted octanol–water partition coefficient (Wildman–Crippen LogP) is 5.31. The topological polar surface area (TPSA) is 71.6 Å². The van der Waals surface area contributed by atoms with Gasteiger partial charge >= 0.3 is 0 Å². The first-order valence-corrected chi connectivity index (χ1v) is 10.8. The third kappa shape index (κ3) is 4.92. The SMILES string of the molecule is CCCCOCOc1c(C(=O)N(CC)c2ccccc2)c(=O)[nH]c2c(C)ccc(Cl)c12. The quantitative estimate of drug-likeness (QED) is 0.360. The minimum absolute atomic E-state index is 0.0828. The van der Waals surface area contributed by atoms with E-state index in [0.717, 1.165) is 18.4 Å². The highest BCUT2D eigenvalue weighted by atomic mass is 35.5. The number of hydrogen-bond donors (Lipinski definition) is 1. The molecule has 0 atom stereocenters. The first-order chi connectivity index (χ1) is 15.0. The molecule has 164 valence electrons. The lowest BCUT2D eigenvalue weighted by Crippen LogP contribution is -2.35. The zero-order valence-corrected chi connectivity index (χ0v) is 18.8. The minimum Gasteiger partial charge on any atom is -0.466 e. The Kier molecular flexibility index (Phi) is 7.71. The van der Waals surface area contributed by atoms with Crippen LogP contribution in [0.2, 0.25) is 5.02 Å². The Hall–Kier alpha value is -2.83. The van der Waals surface area contributed by atoms with Gasteiger partial charge in [-0.25, -0.2) is 0 Å². The summed E-state index contributed by atoms with van der Waals surface area (Å²) in [6.07, 6.45) is 1.88. The summed E-state index contributed by atoms with van der Waals surface area (Å²) in [4.78, 5) is 31.0. The first-order valence-electron chi connectivity index (χ1n) is 10.4. The summed E-state index contributed by atoms with van der Waals surface area (Å²) < 4.78 is 11.4. The molecule has 1 amide bonds. The number of amides is 1. The standard InChI is InChI=1S/C24H27ClN2O4/c1-4-6-14-30-15-31-22-19-18(25)13-12-16(3)21(19)26-23(28)20(22)24(29)27(5-2)17-10-8-7-9-11-17/h7-13H,4-6,14-15H2,1-3H3,(H,26,28). The van der Waals surface area contributed by atoms with Crippen LogP contribution >= 0.6 is 11.6 Å². The van der Waals surface area contributed by atoms with Crippen LogP contribution in [-0.2, 0) is 4.74 Å². The lowest BCUT2D eigenvalue weighted by Gasteiger charge is -2.23. The molecule has 0 radical (unpaired) electrons. The van der Waals surface area contributed by atoms with Crippen LogP contribution in [0.15, 0.2) is 47.3 Å². The number of para-hydroxylation sites is 1. The van der Waals surface area contributed by atoms with Crippen LogP contribution in [-0.4, -0.2) is 30.8 Å². The van der Waals surface area contributed by atoms with Gasteiger partial charge in [0, 0.05) is 12.2 Å². The summed E-state index contributed by atoms with van der Waals surface area (Å²) in [5.41, 5.74) is 1.43. The molecular weight excluding hydrogens is 416 g/mol. The molecule has 2 aromatic carbocycles. The Morgan fingerprint density at radius 3 is 2.55 bits per heavy atom. The third-order valence-electron chi connectivity index (χ3n) is 5.05. The Balaban J connectivity index is 2.14. The van der Waals surface area contributed by atoms with Gasteiger partial charge in [-0.15, -0.1) is 0 Å². The van der Waals surface area contributed by atoms with Crippen LogP contribution in [0.3, 0.4) is 0 Å². The summed E-state index contributed by atoms with van der Waals surface area (Å²) in [5, 5.41) is 0.880. The van der Waals surface area contributed by atoms with Crippen LogP contribution in [0.1, 0.15) is 42.6 Å². The van der Waals surface area contributed by atoms with Crippen molar-refractivity contribution in [2.45, 2.75) is 33.6 Å². The summed E-state index contributed by atoms with van der Waals surface area (Å²) in [6.45, 7) is 6.61. The Morgan fingerprint density at radius 2 is 1.87 bits per heavy atom. The van der Waals surface area contributed by atoms with Crippen LogP contribution in [0.5, 0.6) is 5.75 Å². The number of nitrogens with zero attached hydrogens (tertiary/aromatic N) is 1. The molecule has 0 aliphatic rings. The molecule has 3 aromatic rings. The second-order valence-corrected chi connectivity index (χ2v) is 7.59. The van der Waals surface area contributed by atoms with Crippen molar-refractivity contribution < 1.29 is 14.3 Å². The van der Waals surface area contributed by atoms with Crippen molar-refractivity contribution in [2.75, 3.05) is 24.8 Å². The van der Waals surface area contributed by atoms with Crippen LogP contribution in [0.4, 0.5) is 5.69 Å². The minimum atomic E-state index is -0.527. The lowest BCUT2D eigenvalue weighted by molar-refractivity contribution is 0.0144. The highest BCUT2D eigenvalue weighted by molar-refractivity contribution is 6.36. The fraction of sp³-hybridized carbons (Fsp3) is 0.333. The van der Waals surface area contributed by atoms with Gasteiger partial charge in [-0.1, -0.05) is 49.2 Å². The zero-order chi connectivity index (χ0) is 22.4. The molecule has 0 spiro atoms. The number of benzene rings is 2. The van der Waals surface area contributed by atoms with Crippen molar-refractivity contribution in [3.63, 3.8) is 0 Å². The monoisotopic (exact) mass is 442 g/mol. The molecule has 31 heavy (non-hydrogen) atoms. The number of fused-ring (bicyclic) bond motifs is 1. The molecule has 0 unspecified atom stereocenters. The Labute approximate surface area is 186 Å². The highest BCUT2D eigenvalue weighted by Crippen LogP contribution is 2.35. The van der Waals surface area contributed by atoms with E-state index in [2.05, 4.69) is 11.9 Å². The first kappa shape index (κ1) is 22.8. The van der Waals surface area contributed by atoms with Crippen molar-refractivity contribution >= 4 is 34.1 Å². The molecule has 0 saturated carbocycles. The van der Waals surface area contributed by atoms with Crippen LogP contribution < -0.4 is 15.2 Å². The number of ether oxygens (including phenoxy) is 2. The molecule has 0 saturated heterocycles. The number of rotatable bonds is 9. The number of pyridine rings is 1. The Bertz CT molecular complexity index is 1110. The molecule has 7 heteroatoms. The molecule has 3 rings (SSSR count). The number of halogens is 1. The Morgan fingerprint density at radius 1 is 1.13 bits per heavy atom. The number of nitrogens with one attached hydrogen (secondary N) is 1. The van der Waals surface area contributed by atoms with Gasteiger partial charge in [-0.05, 0) is 44.0 Å². The van der Waals surface area contributed by atoms with Crippen LogP contribution in [0, 0.1) is 6.92 Å². The second-order valence-electron chi connectivity index (χ2n) is 7.18. The van der Waals surface area contributed by atoms with Gasteiger partial charge < -0.3 is 19.4 Å². The number of aryl methyl sites for hydroxylation is 1. The van der Waals surface area contributed by atoms with E-state index in [1.165, 1.54) is 4.90 Å². The maximum absolute atomic E-state index is 13.5. The average molecular weight is 443 g/mol. The second kappa shape index (κ2) is 10.5. The van der Waals surface area contributed by atoms with E-state index in [1.54, 1.807) is 6.07 Å². The van der Waals surface area contributed by atoms with Crippen molar-refractivity contribution in [3.05, 3.63) is 69.0 Å². The van der Waals surface area contributed by atoms with E-state index in [9.17, 15) is 9.59 Å². The smallest absolute Gasteiger partial charge is 0.267 e. The summed E-state index contributed by atoms with van der Waals surface area (Å²) in [7, 11) is 0. The molecule has 1 heterocycles. The van der Waals surface area contributed by atoms with Crippen molar-refractivity contribution in [1.29, 1.82) is 0 Å². The summed E-state index contributed by atoms with van der Waals surface area (Å²) in [5.74, 6) is -0.318. The lowest BCUT2D eigenvalue weighted by atomic mass is 10.1. The fourth-order valence-corrected chi connectivity index (χ4v) is 3.64. The normalized spacial score (nSPS) is 11.0. The number of aromatic nitrogens is 1. The number of carbonyl (C=O) groups is 1. The molecular formula is C24H27ClN2O4. The number of H-pyrrole nitrogens is 1. The number of unbranched alkanes of at least 4 members (excludes halogenated alkanes) is 1.